The Morgan fingerprint density at radius 2 is 0.849 bits per heavy atom. The Balaban J connectivity index is 3.58. The highest BCUT2D eigenvalue weighted by Gasteiger charge is 2.13. The molecule has 0 radical (unpaired) electrons. The largest absolute Gasteiger partial charge is 0.457 e. The third kappa shape index (κ3) is 43.6. The van der Waals surface area contributed by atoms with E-state index in [1.807, 2.05) is 0 Å². The molecular weight excluding hydrogens is 653 g/mol. The summed E-state index contributed by atoms with van der Waals surface area (Å²) in [7, 11) is 0. The maximum Gasteiger partial charge on any atom is 0.306 e. The van der Waals surface area contributed by atoms with Crippen molar-refractivity contribution in [2.45, 2.75) is 187 Å². The van der Waals surface area contributed by atoms with Crippen molar-refractivity contribution >= 4 is 5.97 Å². The molecule has 0 heterocycles. The fourth-order valence-corrected chi connectivity index (χ4v) is 5.67. The molecule has 4 heteroatoms. The second-order valence-corrected chi connectivity index (χ2v) is 14.0. The van der Waals surface area contributed by atoms with E-state index in [0.717, 1.165) is 70.6 Å². The molecule has 4 nitrogen and oxygen atoms in total. The fourth-order valence-electron chi connectivity index (χ4n) is 5.67. The molecule has 1 atom stereocenters. The van der Waals surface area contributed by atoms with Crippen molar-refractivity contribution in [1.29, 1.82) is 0 Å². The molecule has 0 spiro atoms. The van der Waals surface area contributed by atoms with E-state index in [9.17, 15) is 9.90 Å². The number of aliphatic hydroxyl groups is 1. The highest BCUT2D eigenvalue weighted by Crippen LogP contribution is 2.13. The van der Waals surface area contributed by atoms with Gasteiger partial charge in [-0.05, 0) is 89.9 Å². The minimum atomic E-state index is -0.574. The van der Waals surface area contributed by atoms with Gasteiger partial charge < -0.3 is 14.6 Å². The van der Waals surface area contributed by atoms with E-state index in [2.05, 4.69) is 111 Å². The van der Waals surface area contributed by atoms with Crippen molar-refractivity contribution in [3.63, 3.8) is 0 Å². The lowest BCUT2D eigenvalue weighted by Crippen LogP contribution is -2.27. The first kappa shape index (κ1) is 50.3. The maximum absolute atomic E-state index is 12.2. The Labute approximate surface area is 328 Å². The number of allylic oxidation sites excluding steroid dienone is 16. The first-order valence-corrected chi connectivity index (χ1v) is 21.8. The van der Waals surface area contributed by atoms with Crippen molar-refractivity contribution < 1.29 is 19.4 Å². The number of hydrogen-bond donors (Lipinski definition) is 1. The van der Waals surface area contributed by atoms with Gasteiger partial charge in [-0.15, -0.1) is 0 Å². The quantitative estimate of drug-likeness (QED) is 0.0388. The number of unbranched alkanes of at least 4 members (excludes halogenated alkanes) is 15. The second kappa shape index (κ2) is 45.5. The SMILES string of the molecule is CC/C=C\C/C=C\C/C=C\C/C=C\C/C=C\C/C=C\CCCOCC(CO)OC(=O)CCCCCCCCCCC/C=C\C/C=C\CCCCCCC. The van der Waals surface area contributed by atoms with E-state index in [1.54, 1.807) is 0 Å². The van der Waals surface area contributed by atoms with Crippen molar-refractivity contribution in [3.05, 3.63) is 97.2 Å². The van der Waals surface area contributed by atoms with Crippen molar-refractivity contribution in [2.24, 2.45) is 0 Å². The van der Waals surface area contributed by atoms with Gasteiger partial charge in [0, 0.05) is 13.0 Å². The minimum absolute atomic E-state index is 0.203. The van der Waals surface area contributed by atoms with Gasteiger partial charge >= 0.3 is 5.97 Å². The van der Waals surface area contributed by atoms with Gasteiger partial charge in [0.2, 0.25) is 0 Å². The molecule has 0 saturated carbocycles. The van der Waals surface area contributed by atoms with Crippen LogP contribution in [0.5, 0.6) is 0 Å². The zero-order valence-corrected chi connectivity index (χ0v) is 34.5. The van der Waals surface area contributed by atoms with Gasteiger partial charge in [0.1, 0.15) is 6.10 Å². The minimum Gasteiger partial charge on any atom is -0.457 e. The number of esters is 1. The first-order valence-electron chi connectivity index (χ1n) is 21.8. The molecule has 1 N–H and O–H groups in total. The Kier molecular flexibility index (Phi) is 43.2. The summed E-state index contributed by atoms with van der Waals surface area (Å²) in [5.41, 5.74) is 0. The maximum atomic E-state index is 12.2. The Morgan fingerprint density at radius 3 is 1.28 bits per heavy atom. The summed E-state index contributed by atoms with van der Waals surface area (Å²) < 4.78 is 11.1. The zero-order chi connectivity index (χ0) is 38.4. The zero-order valence-electron chi connectivity index (χ0n) is 34.5. The topological polar surface area (TPSA) is 55.8 Å². The van der Waals surface area contributed by atoms with Crippen LogP contribution in [0.2, 0.25) is 0 Å². The van der Waals surface area contributed by atoms with Crippen LogP contribution < -0.4 is 0 Å². The standard InChI is InChI=1S/C49H82O4/c1-3-5-7-9-11-13-15-17-19-21-23-25-26-28-30-32-34-36-38-40-42-44-49(51)53-48(46-50)47-52-45-43-41-39-37-35-33-31-29-27-24-22-20-18-16-14-12-10-8-6-4-2/h6,8,12,14-15,17-18,20-21,23-24,27,31,33,37,39,48,50H,3-5,7,9-11,13,16,19,22,25-26,28-30,32,34-36,38,40-47H2,1-2H3/b8-6-,14-12-,17-15-,20-18-,23-21-,27-24-,33-31-,39-37-. The summed E-state index contributed by atoms with van der Waals surface area (Å²) in [4.78, 5) is 12.2. The Hall–Kier alpha value is -2.69. The molecule has 302 valence electrons. The average Bonchev–Trinajstić information content (AvgIpc) is 3.16. The van der Waals surface area contributed by atoms with Crippen LogP contribution >= 0.6 is 0 Å². The predicted octanol–water partition coefficient (Wildman–Crippen LogP) is 14.5. The van der Waals surface area contributed by atoms with E-state index in [-0.39, 0.29) is 19.2 Å². The molecule has 0 aliphatic heterocycles. The number of aliphatic hydroxyl groups excluding tert-OH is 1. The van der Waals surface area contributed by atoms with Crippen molar-refractivity contribution in [2.75, 3.05) is 19.8 Å². The van der Waals surface area contributed by atoms with Gasteiger partial charge in [-0.1, -0.05) is 182 Å². The third-order valence-electron chi connectivity index (χ3n) is 8.89. The number of rotatable bonds is 39. The number of ether oxygens (including phenoxy) is 2. The molecule has 0 saturated heterocycles. The van der Waals surface area contributed by atoms with E-state index in [4.69, 9.17) is 9.47 Å². The lowest BCUT2D eigenvalue weighted by Gasteiger charge is -2.15. The van der Waals surface area contributed by atoms with Gasteiger partial charge in [0.05, 0.1) is 13.2 Å². The van der Waals surface area contributed by atoms with Crippen LogP contribution in [-0.2, 0) is 14.3 Å². The highest BCUT2D eigenvalue weighted by atomic mass is 16.6. The van der Waals surface area contributed by atoms with Gasteiger partial charge in [-0.2, -0.15) is 0 Å². The summed E-state index contributed by atoms with van der Waals surface area (Å²) in [6, 6.07) is 0. The Morgan fingerprint density at radius 1 is 0.472 bits per heavy atom. The van der Waals surface area contributed by atoms with Crippen LogP contribution in [0.3, 0.4) is 0 Å². The molecule has 0 fully saturated rings. The van der Waals surface area contributed by atoms with Gasteiger partial charge in [0.25, 0.3) is 0 Å². The lowest BCUT2D eigenvalue weighted by molar-refractivity contribution is -0.154. The first-order chi connectivity index (χ1) is 26.2. The molecule has 53 heavy (non-hydrogen) atoms. The molecule has 0 bridgehead atoms. The van der Waals surface area contributed by atoms with Gasteiger partial charge in [-0.25, -0.2) is 0 Å². The summed E-state index contributed by atoms with van der Waals surface area (Å²) in [5.74, 6) is -0.228. The molecule has 0 aromatic carbocycles. The van der Waals surface area contributed by atoms with E-state index < -0.39 is 6.10 Å². The summed E-state index contributed by atoms with van der Waals surface area (Å²) in [6.07, 6.45) is 64.7. The van der Waals surface area contributed by atoms with E-state index in [1.165, 1.54) is 89.9 Å². The van der Waals surface area contributed by atoms with Crippen molar-refractivity contribution in [1.82, 2.24) is 0 Å². The molecule has 0 aliphatic rings. The molecule has 0 aliphatic carbocycles. The second-order valence-electron chi connectivity index (χ2n) is 14.0. The molecule has 0 aromatic rings. The molecule has 0 amide bonds. The number of hydrogen-bond acceptors (Lipinski definition) is 4. The third-order valence-corrected chi connectivity index (χ3v) is 8.89. The molecular formula is C49H82O4. The van der Waals surface area contributed by atoms with Crippen LogP contribution in [-0.4, -0.2) is 37.0 Å². The van der Waals surface area contributed by atoms with Gasteiger partial charge in [-0.3, -0.25) is 4.79 Å². The predicted molar refractivity (Wildman–Crippen MR) is 232 cm³/mol. The summed E-state index contributed by atoms with van der Waals surface area (Å²) in [5, 5.41) is 9.60. The highest BCUT2D eigenvalue weighted by molar-refractivity contribution is 5.69. The summed E-state index contributed by atoms with van der Waals surface area (Å²) in [6.45, 7) is 5.06. The van der Waals surface area contributed by atoms with Crippen LogP contribution in [0.4, 0.5) is 0 Å². The average molecular weight is 735 g/mol. The smallest absolute Gasteiger partial charge is 0.306 e. The molecule has 1 unspecified atom stereocenters. The molecule has 0 rings (SSSR count). The van der Waals surface area contributed by atoms with E-state index >= 15 is 0 Å². The van der Waals surface area contributed by atoms with Crippen LogP contribution in [0, 0.1) is 0 Å². The normalized spacial score (nSPS) is 13.3. The number of carbonyl (C=O) groups is 1. The Bertz CT molecular complexity index is 996. The van der Waals surface area contributed by atoms with E-state index in [0.29, 0.717) is 13.0 Å². The lowest BCUT2D eigenvalue weighted by atomic mass is 10.1. The monoisotopic (exact) mass is 735 g/mol. The fraction of sp³-hybridized carbons (Fsp3) is 0.653. The van der Waals surface area contributed by atoms with Crippen molar-refractivity contribution in [3.8, 4) is 0 Å². The molecule has 0 aromatic heterocycles. The van der Waals surface area contributed by atoms with Crippen LogP contribution in [0.15, 0.2) is 97.2 Å². The van der Waals surface area contributed by atoms with Crippen LogP contribution in [0.1, 0.15) is 181 Å². The number of carbonyl (C=O) groups excluding carboxylic acids is 1. The summed E-state index contributed by atoms with van der Waals surface area (Å²) >= 11 is 0. The van der Waals surface area contributed by atoms with Crippen LogP contribution in [0.25, 0.3) is 0 Å². The van der Waals surface area contributed by atoms with Gasteiger partial charge in [0.15, 0.2) is 0 Å².